The lowest BCUT2D eigenvalue weighted by atomic mass is 10.2. The van der Waals surface area contributed by atoms with Crippen LogP contribution in [-0.2, 0) is 4.74 Å². The van der Waals surface area contributed by atoms with E-state index in [1.807, 2.05) is 11.5 Å². The Labute approximate surface area is 113 Å². The average Bonchev–Trinajstić information content (AvgIpc) is 2.62. The van der Waals surface area contributed by atoms with E-state index in [1.54, 1.807) is 13.2 Å². The Kier molecular flexibility index (Phi) is 3.87. The molecule has 0 radical (unpaired) electrons. The van der Waals surface area contributed by atoms with E-state index in [0.717, 1.165) is 6.42 Å². The molecule has 0 fully saturated rings. The summed E-state index contributed by atoms with van der Waals surface area (Å²) in [5, 5.41) is 0. The van der Waals surface area contributed by atoms with Crippen LogP contribution in [0.5, 0.6) is 0 Å². The quantitative estimate of drug-likeness (QED) is 0.943. The van der Waals surface area contributed by atoms with Gasteiger partial charge in [-0.1, -0.05) is 0 Å². The number of ether oxygens (including phenoxy) is 1. The van der Waals surface area contributed by atoms with E-state index in [1.165, 1.54) is 6.07 Å². The van der Waals surface area contributed by atoms with Crippen LogP contribution in [0.4, 0.5) is 10.3 Å². The fraction of sp³-hybridized carbons (Fsp3) is 0.417. The van der Waals surface area contributed by atoms with Crippen molar-refractivity contribution >= 4 is 32.9 Å². The second-order valence-electron chi connectivity index (χ2n) is 4.23. The number of nitrogens with two attached hydrogens (primary N) is 1. The summed E-state index contributed by atoms with van der Waals surface area (Å²) in [6, 6.07) is 3.20. The summed E-state index contributed by atoms with van der Waals surface area (Å²) in [4.78, 5) is 4.25. The molecule has 6 heteroatoms. The van der Waals surface area contributed by atoms with Crippen molar-refractivity contribution in [3.63, 3.8) is 0 Å². The zero-order valence-electron chi connectivity index (χ0n) is 10.3. The molecule has 4 nitrogen and oxygen atoms in total. The van der Waals surface area contributed by atoms with Crippen LogP contribution in [0.2, 0.25) is 0 Å². The molecule has 0 saturated carbocycles. The smallest absolute Gasteiger partial charge is 0.201 e. The van der Waals surface area contributed by atoms with Gasteiger partial charge in [-0.15, -0.1) is 0 Å². The second kappa shape index (κ2) is 5.24. The first-order valence-corrected chi connectivity index (χ1v) is 6.45. The van der Waals surface area contributed by atoms with Gasteiger partial charge >= 0.3 is 0 Å². The number of hydrogen-bond donors (Lipinski definition) is 1. The van der Waals surface area contributed by atoms with Crippen LogP contribution < -0.4 is 5.73 Å². The van der Waals surface area contributed by atoms with Crippen LogP contribution in [0.3, 0.4) is 0 Å². The average molecular weight is 316 g/mol. The van der Waals surface area contributed by atoms with Gasteiger partial charge < -0.3 is 15.0 Å². The summed E-state index contributed by atoms with van der Waals surface area (Å²) in [7, 11) is 1.65. The van der Waals surface area contributed by atoms with E-state index in [9.17, 15) is 4.39 Å². The molecule has 2 aromatic rings. The minimum Gasteiger partial charge on any atom is -0.385 e. The number of halogens is 2. The van der Waals surface area contributed by atoms with E-state index in [2.05, 4.69) is 20.9 Å². The Morgan fingerprint density at radius 3 is 2.94 bits per heavy atom. The van der Waals surface area contributed by atoms with Crippen molar-refractivity contribution in [3.8, 4) is 0 Å². The van der Waals surface area contributed by atoms with Gasteiger partial charge in [0.25, 0.3) is 0 Å². The van der Waals surface area contributed by atoms with Gasteiger partial charge in [0.05, 0.1) is 15.5 Å². The third-order valence-electron chi connectivity index (χ3n) is 2.94. The van der Waals surface area contributed by atoms with E-state index >= 15 is 0 Å². The highest BCUT2D eigenvalue weighted by Gasteiger charge is 2.15. The maximum Gasteiger partial charge on any atom is 0.201 e. The van der Waals surface area contributed by atoms with Crippen LogP contribution in [0, 0.1) is 5.82 Å². The number of aromatic nitrogens is 2. The molecule has 1 aromatic heterocycles. The fourth-order valence-corrected chi connectivity index (χ4v) is 2.32. The molecule has 2 rings (SSSR count). The Morgan fingerprint density at radius 2 is 2.28 bits per heavy atom. The van der Waals surface area contributed by atoms with Crippen LogP contribution in [0.25, 0.3) is 11.0 Å². The van der Waals surface area contributed by atoms with Crippen molar-refractivity contribution in [2.24, 2.45) is 0 Å². The topological polar surface area (TPSA) is 53.1 Å². The predicted octanol–water partition coefficient (Wildman–Crippen LogP) is 3.12. The first-order valence-electron chi connectivity index (χ1n) is 5.66. The van der Waals surface area contributed by atoms with E-state index in [-0.39, 0.29) is 11.9 Å². The van der Waals surface area contributed by atoms with Gasteiger partial charge in [0.1, 0.15) is 5.82 Å². The van der Waals surface area contributed by atoms with Gasteiger partial charge in [0, 0.05) is 25.8 Å². The molecule has 0 spiro atoms. The van der Waals surface area contributed by atoms with E-state index < -0.39 is 0 Å². The van der Waals surface area contributed by atoms with Crippen LogP contribution in [0.1, 0.15) is 19.4 Å². The molecule has 0 aliphatic rings. The number of fused-ring (bicyclic) bond motifs is 1. The highest BCUT2D eigenvalue weighted by atomic mass is 79.9. The highest BCUT2D eigenvalue weighted by molar-refractivity contribution is 9.10. The molecule has 0 amide bonds. The largest absolute Gasteiger partial charge is 0.385 e. The molecule has 0 aliphatic carbocycles. The standard InChI is InChI=1S/C12H15BrFN3O/c1-7(3-4-18-2)17-11-6-9(14)8(13)5-10(11)16-12(17)15/h5-7H,3-4H2,1-2H3,(H2,15,16). The molecule has 18 heavy (non-hydrogen) atoms. The lowest BCUT2D eigenvalue weighted by Crippen LogP contribution is -2.11. The molecular formula is C12H15BrFN3O. The summed E-state index contributed by atoms with van der Waals surface area (Å²) in [6.07, 6.45) is 0.795. The number of anilines is 1. The number of hydrogen-bond acceptors (Lipinski definition) is 3. The molecule has 98 valence electrons. The minimum absolute atomic E-state index is 0.107. The maximum atomic E-state index is 13.6. The van der Waals surface area contributed by atoms with Crippen molar-refractivity contribution in [3.05, 3.63) is 22.4 Å². The number of benzene rings is 1. The first-order chi connectivity index (χ1) is 8.54. The zero-order valence-corrected chi connectivity index (χ0v) is 11.9. The molecule has 0 aliphatic heterocycles. The highest BCUT2D eigenvalue weighted by Crippen LogP contribution is 2.28. The number of nitrogen functional groups attached to an aromatic ring is 1. The molecule has 2 N–H and O–H groups in total. The number of methoxy groups -OCH3 is 1. The molecule has 1 heterocycles. The van der Waals surface area contributed by atoms with Crippen molar-refractivity contribution in [2.75, 3.05) is 19.5 Å². The van der Waals surface area contributed by atoms with Crippen molar-refractivity contribution in [2.45, 2.75) is 19.4 Å². The first kappa shape index (κ1) is 13.3. The zero-order chi connectivity index (χ0) is 13.3. The van der Waals surface area contributed by atoms with Crippen LogP contribution >= 0.6 is 15.9 Å². The summed E-state index contributed by atoms with van der Waals surface area (Å²) < 4.78 is 20.9. The van der Waals surface area contributed by atoms with Crippen molar-refractivity contribution in [1.29, 1.82) is 0 Å². The summed E-state index contributed by atoms with van der Waals surface area (Å²) in [5.74, 6) is 0.0775. The van der Waals surface area contributed by atoms with E-state index in [0.29, 0.717) is 28.1 Å². The van der Waals surface area contributed by atoms with Gasteiger partial charge in [-0.2, -0.15) is 0 Å². The summed E-state index contributed by atoms with van der Waals surface area (Å²) in [5.41, 5.74) is 7.29. The van der Waals surface area contributed by atoms with Crippen molar-refractivity contribution in [1.82, 2.24) is 9.55 Å². The lowest BCUT2D eigenvalue weighted by molar-refractivity contribution is 0.182. The van der Waals surface area contributed by atoms with Crippen molar-refractivity contribution < 1.29 is 9.13 Å². The van der Waals surface area contributed by atoms with Gasteiger partial charge in [-0.3, -0.25) is 0 Å². The normalized spacial score (nSPS) is 13.1. The molecular weight excluding hydrogens is 301 g/mol. The Balaban J connectivity index is 2.49. The van der Waals surface area contributed by atoms with E-state index in [4.69, 9.17) is 10.5 Å². The summed E-state index contributed by atoms with van der Waals surface area (Å²) in [6.45, 7) is 2.63. The maximum absolute atomic E-state index is 13.6. The molecule has 1 aromatic carbocycles. The second-order valence-corrected chi connectivity index (χ2v) is 5.08. The summed E-state index contributed by atoms with van der Waals surface area (Å²) >= 11 is 3.14. The van der Waals surface area contributed by atoms with Gasteiger partial charge in [0.2, 0.25) is 5.95 Å². The molecule has 1 atom stereocenters. The third-order valence-corrected chi connectivity index (χ3v) is 3.55. The SMILES string of the molecule is COCCC(C)n1c(N)nc2cc(Br)c(F)cc21. The fourth-order valence-electron chi connectivity index (χ4n) is 1.99. The molecule has 0 saturated heterocycles. The monoisotopic (exact) mass is 315 g/mol. The lowest BCUT2D eigenvalue weighted by Gasteiger charge is -2.15. The Hall–Kier alpha value is -1.14. The van der Waals surface area contributed by atoms with Gasteiger partial charge in [-0.05, 0) is 35.3 Å². The molecule has 0 bridgehead atoms. The van der Waals surface area contributed by atoms with Crippen LogP contribution in [-0.4, -0.2) is 23.3 Å². The van der Waals surface area contributed by atoms with Gasteiger partial charge in [0.15, 0.2) is 0 Å². The van der Waals surface area contributed by atoms with Gasteiger partial charge in [-0.25, -0.2) is 9.37 Å². The minimum atomic E-state index is -0.317. The van der Waals surface area contributed by atoms with Crippen LogP contribution in [0.15, 0.2) is 16.6 Å². The third kappa shape index (κ3) is 2.35. The predicted molar refractivity (Wildman–Crippen MR) is 73.0 cm³/mol. The Morgan fingerprint density at radius 1 is 1.56 bits per heavy atom. The number of imidazole rings is 1. The Bertz CT molecular complexity index is 570. The number of nitrogens with zero attached hydrogens (tertiary/aromatic N) is 2. The molecule has 1 unspecified atom stereocenters. The number of rotatable bonds is 4.